The van der Waals surface area contributed by atoms with Crippen molar-refractivity contribution >= 4 is 40.6 Å². The molecule has 2 aromatic heterocycles. The Morgan fingerprint density at radius 2 is 2.23 bits per heavy atom. The molecule has 22 heavy (non-hydrogen) atoms. The van der Waals surface area contributed by atoms with Crippen molar-refractivity contribution in [1.82, 2.24) is 10.3 Å². The number of anilines is 1. The number of ether oxygens (including phenoxy) is 1. The summed E-state index contributed by atoms with van der Waals surface area (Å²) in [5, 5.41) is 7.40. The lowest BCUT2D eigenvalue weighted by Gasteiger charge is -2.17. The maximum atomic E-state index is 12.1. The monoisotopic (exact) mass is 339 g/mol. The molecule has 2 amide bonds. The largest absolute Gasteiger partial charge is 0.469 e. The fourth-order valence-corrected chi connectivity index (χ4v) is 2.70. The fraction of sp³-hybridized carbons (Fsp3) is 0.214. The molecule has 0 aliphatic rings. The second-order valence-electron chi connectivity index (χ2n) is 4.29. The maximum absolute atomic E-state index is 12.1. The summed E-state index contributed by atoms with van der Waals surface area (Å²) in [6.07, 6.45) is 1.57. The number of halogens is 1. The van der Waals surface area contributed by atoms with Crippen LogP contribution in [0.5, 0.6) is 0 Å². The molecule has 0 aliphatic heterocycles. The van der Waals surface area contributed by atoms with Crippen molar-refractivity contribution in [3.63, 3.8) is 0 Å². The molecule has 0 spiro atoms. The van der Waals surface area contributed by atoms with Gasteiger partial charge in [0.1, 0.15) is 0 Å². The summed E-state index contributed by atoms with van der Waals surface area (Å²) < 4.78 is 4.66. The first kappa shape index (κ1) is 16.3. The predicted octanol–water partition coefficient (Wildman–Crippen LogP) is 3.22. The van der Waals surface area contributed by atoms with Gasteiger partial charge in [0.05, 0.1) is 25.3 Å². The number of pyridine rings is 1. The summed E-state index contributed by atoms with van der Waals surface area (Å²) in [7, 11) is 1.31. The molecule has 116 valence electrons. The molecule has 0 saturated carbocycles. The van der Waals surface area contributed by atoms with Crippen LogP contribution in [0.2, 0.25) is 5.15 Å². The third-order valence-electron chi connectivity index (χ3n) is 2.80. The van der Waals surface area contributed by atoms with Crippen LogP contribution < -0.4 is 10.6 Å². The Bertz CT molecular complexity index is 649. The molecule has 2 heterocycles. The minimum Gasteiger partial charge on any atom is -0.469 e. The molecule has 8 heteroatoms. The highest BCUT2D eigenvalue weighted by Crippen LogP contribution is 2.23. The number of hydrogen-bond donors (Lipinski definition) is 2. The van der Waals surface area contributed by atoms with Gasteiger partial charge in [0.2, 0.25) is 0 Å². The van der Waals surface area contributed by atoms with E-state index in [0.29, 0.717) is 5.69 Å². The first-order chi connectivity index (χ1) is 10.6. The highest BCUT2D eigenvalue weighted by Gasteiger charge is 2.20. The molecule has 1 unspecified atom stereocenters. The highest BCUT2D eigenvalue weighted by molar-refractivity contribution is 7.10. The quantitative estimate of drug-likeness (QED) is 0.647. The van der Waals surface area contributed by atoms with E-state index in [1.165, 1.54) is 24.6 Å². The van der Waals surface area contributed by atoms with Crippen LogP contribution in [0.25, 0.3) is 0 Å². The van der Waals surface area contributed by atoms with Crippen LogP contribution in [-0.4, -0.2) is 24.1 Å². The van der Waals surface area contributed by atoms with Gasteiger partial charge in [-0.05, 0) is 23.6 Å². The van der Waals surface area contributed by atoms with E-state index in [9.17, 15) is 9.59 Å². The van der Waals surface area contributed by atoms with Crippen molar-refractivity contribution in [3.05, 3.63) is 45.9 Å². The molecular formula is C14H14ClN3O3S. The summed E-state index contributed by atoms with van der Waals surface area (Å²) in [5.41, 5.74) is 0.393. The van der Waals surface area contributed by atoms with E-state index in [-0.39, 0.29) is 11.6 Å². The number of rotatable bonds is 5. The van der Waals surface area contributed by atoms with Gasteiger partial charge in [-0.3, -0.25) is 4.79 Å². The van der Waals surface area contributed by atoms with Crippen LogP contribution in [0, 0.1) is 0 Å². The minimum atomic E-state index is -0.475. The van der Waals surface area contributed by atoms with Crippen molar-refractivity contribution in [2.24, 2.45) is 0 Å². The number of aromatic nitrogens is 1. The minimum absolute atomic E-state index is 0.0468. The molecule has 2 aromatic rings. The standard InChI is InChI=1S/C14H14ClN3O3S/c1-21-12(19)8-10(11-5-3-7-22-11)18-14(20)17-9-4-2-6-16-13(9)15/h2-7,10H,8H2,1H3,(H2,17,18,20). The van der Waals surface area contributed by atoms with Gasteiger partial charge in [0.15, 0.2) is 5.15 Å². The van der Waals surface area contributed by atoms with E-state index in [1.807, 2.05) is 17.5 Å². The smallest absolute Gasteiger partial charge is 0.319 e. The summed E-state index contributed by atoms with van der Waals surface area (Å²) >= 11 is 7.33. The molecule has 6 nitrogen and oxygen atoms in total. The van der Waals surface area contributed by atoms with E-state index in [0.717, 1.165) is 4.88 Å². The van der Waals surface area contributed by atoms with Crippen molar-refractivity contribution in [1.29, 1.82) is 0 Å². The highest BCUT2D eigenvalue weighted by atomic mass is 35.5. The third-order valence-corrected chi connectivity index (χ3v) is 4.08. The summed E-state index contributed by atoms with van der Waals surface area (Å²) in [5.74, 6) is -0.405. The van der Waals surface area contributed by atoms with Crippen molar-refractivity contribution < 1.29 is 14.3 Å². The number of carbonyl (C=O) groups is 2. The Balaban J connectivity index is 2.05. The Morgan fingerprint density at radius 3 is 2.86 bits per heavy atom. The number of carbonyl (C=O) groups excluding carboxylic acids is 2. The molecule has 0 aromatic carbocycles. The lowest BCUT2D eigenvalue weighted by molar-refractivity contribution is -0.141. The van der Waals surface area contributed by atoms with Gasteiger partial charge in [0.25, 0.3) is 0 Å². The Hall–Kier alpha value is -2.12. The lowest BCUT2D eigenvalue weighted by Crippen LogP contribution is -2.33. The van der Waals surface area contributed by atoms with Crippen molar-refractivity contribution in [3.8, 4) is 0 Å². The number of methoxy groups -OCH3 is 1. The molecule has 0 bridgehead atoms. The first-order valence-corrected chi connectivity index (χ1v) is 7.64. The molecule has 2 N–H and O–H groups in total. The summed E-state index contributed by atoms with van der Waals surface area (Å²) in [6, 6.07) is 6.04. The van der Waals surface area contributed by atoms with Gasteiger partial charge in [-0.2, -0.15) is 0 Å². The molecule has 0 saturated heterocycles. The number of thiophene rings is 1. The van der Waals surface area contributed by atoms with Crippen molar-refractivity contribution in [2.75, 3.05) is 12.4 Å². The van der Waals surface area contributed by atoms with Gasteiger partial charge >= 0.3 is 12.0 Å². The van der Waals surface area contributed by atoms with Gasteiger partial charge in [-0.25, -0.2) is 9.78 Å². The zero-order valence-corrected chi connectivity index (χ0v) is 13.3. The number of nitrogens with one attached hydrogen (secondary N) is 2. The first-order valence-electron chi connectivity index (χ1n) is 6.38. The van der Waals surface area contributed by atoms with Gasteiger partial charge in [0, 0.05) is 11.1 Å². The van der Waals surface area contributed by atoms with Gasteiger partial charge in [-0.15, -0.1) is 11.3 Å². The summed E-state index contributed by atoms with van der Waals surface area (Å²) in [4.78, 5) is 28.3. The molecular weight excluding hydrogens is 326 g/mol. The normalized spacial score (nSPS) is 11.5. The Kier molecular flexibility index (Phi) is 5.74. The maximum Gasteiger partial charge on any atom is 0.319 e. The van der Waals surface area contributed by atoms with Crippen LogP contribution >= 0.6 is 22.9 Å². The Labute approximate surface area is 136 Å². The van der Waals surface area contributed by atoms with E-state index < -0.39 is 18.0 Å². The van der Waals surface area contributed by atoms with E-state index >= 15 is 0 Å². The predicted molar refractivity (Wildman–Crippen MR) is 85.1 cm³/mol. The number of hydrogen-bond acceptors (Lipinski definition) is 5. The van der Waals surface area contributed by atoms with Crippen LogP contribution in [-0.2, 0) is 9.53 Å². The molecule has 2 rings (SSSR count). The molecule has 0 radical (unpaired) electrons. The molecule has 0 fully saturated rings. The zero-order valence-electron chi connectivity index (χ0n) is 11.7. The number of urea groups is 1. The topological polar surface area (TPSA) is 80.3 Å². The summed E-state index contributed by atoms with van der Waals surface area (Å²) in [6.45, 7) is 0. The second-order valence-corrected chi connectivity index (χ2v) is 5.63. The molecule has 1 atom stereocenters. The van der Waals surface area contributed by atoms with Crippen LogP contribution in [0.3, 0.4) is 0 Å². The lowest BCUT2D eigenvalue weighted by atomic mass is 10.2. The average molecular weight is 340 g/mol. The van der Waals surface area contributed by atoms with Gasteiger partial charge < -0.3 is 15.4 Å². The number of esters is 1. The third kappa shape index (κ3) is 4.44. The number of amides is 2. The van der Waals surface area contributed by atoms with E-state index in [1.54, 1.807) is 12.1 Å². The Morgan fingerprint density at radius 1 is 1.41 bits per heavy atom. The fourth-order valence-electron chi connectivity index (χ4n) is 1.76. The average Bonchev–Trinajstić information content (AvgIpc) is 3.03. The SMILES string of the molecule is COC(=O)CC(NC(=O)Nc1cccnc1Cl)c1cccs1. The van der Waals surface area contributed by atoms with Gasteiger partial charge in [-0.1, -0.05) is 17.7 Å². The van der Waals surface area contributed by atoms with Crippen molar-refractivity contribution in [2.45, 2.75) is 12.5 Å². The molecule has 0 aliphatic carbocycles. The number of nitrogens with zero attached hydrogens (tertiary/aromatic N) is 1. The van der Waals surface area contributed by atoms with E-state index in [2.05, 4.69) is 20.4 Å². The van der Waals surface area contributed by atoms with Crippen LogP contribution in [0.15, 0.2) is 35.8 Å². The second kappa shape index (κ2) is 7.77. The van der Waals surface area contributed by atoms with Crippen LogP contribution in [0.4, 0.5) is 10.5 Å². The van der Waals surface area contributed by atoms with Crippen LogP contribution in [0.1, 0.15) is 17.3 Å². The zero-order chi connectivity index (χ0) is 15.9. The van der Waals surface area contributed by atoms with E-state index in [4.69, 9.17) is 11.6 Å².